The fraction of sp³-hybridized carbons (Fsp3) is 0.333. The Hall–Kier alpha value is -1.17. The molecule has 7 heteroatoms. The molecule has 0 spiro atoms. The lowest BCUT2D eigenvalue weighted by Crippen LogP contribution is -2.44. The fourth-order valence-electron chi connectivity index (χ4n) is 2.04. The molecule has 0 aliphatic carbocycles. The van der Waals surface area contributed by atoms with Crippen molar-refractivity contribution in [2.24, 2.45) is 0 Å². The molecule has 4 nitrogen and oxygen atoms in total. The molecule has 1 heterocycles. The van der Waals surface area contributed by atoms with Crippen molar-refractivity contribution in [1.82, 2.24) is 4.90 Å². The number of amides is 1. The molecular weight excluding hydrogens is 345 g/mol. The molecule has 0 aromatic heterocycles. The number of rotatable bonds is 3. The van der Waals surface area contributed by atoms with Gasteiger partial charge in [0.1, 0.15) is 5.25 Å². The average Bonchev–Trinajstić information content (AvgIpc) is 2.55. The number of methoxy groups -OCH3 is 1. The molecule has 1 saturated heterocycles. The highest BCUT2D eigenvalue weighted by Gasteiger charge is 2.28. The highest BCUT2D eigenvalue weighted by Crippen LogP contribution is 2.26. The number of carbonyl (C=O) groups excluding carboxylic acids is 2. The van der Waals surface area contributed by atoms with E-state index in [1.807, 2.05) is 0 Å². The van der Waals surface area contributed by atoms with E-state index < -0.39 is 0 Å². The van der Waals surface area contributed by atoms with Gasteiger partial charge in [-0.15, -0.1) is 11.8 Å². The number of halogens is 2. The van der Waals surface area contributed by atoms with E-state index in [-0.39, 0.29) is 17.1 Å². The van der Waals surface area contributed by atoms with Crippen molar-refractivity contribution in [3.63, 3.8) is 0 Å². The van der Waals surface area contributed by atoms with Gasteiger partial charge in [0, 0.05) is 24.9 Å². The summed E-state index contributed by atoms with van der Waals surface area (Å²) in [5, 5.41) is 0.525. The van der Waals surface area contributed by atoms with Crippen molar-refractivity contribution in [2.75, 3.05) is 26.0 Å². The Labute approximate surface area is 143 Å². The molecule has 0 bridgehead atoms. The molecular formula is C15H15Cl2NO3S. The summed E-state index contributed by atoms with van der Waals surface area (Å²) in [6.45, 7) is 0.953. The number of hydrogen-bond acceptors (Lipinski definition) is 4. The van der Waals surface area contributed by atoms with Crippen molar-refractivity contribution in [2.45, 2.75) is 5.25 Å². The molecule has 22 heavy (non-hydrogen) atoms. The average molecular weight is 360 g/mol. The molecule has 1 atom stereocenters. The number of thioether (sulfide) groups is 1. The third-order valence-corrected chi connectivity index (χ3v) is 5.22. The van der Waals surface area contributed by atoms with Gasteiger partial charge in [0.15, 0.2) is 0 Å². The molecule has 1 aliphatic rings. The summed E-state index contributed by atoms with van der Waals surface area (Å²) in [7, 11) is 1.35. The van der Waals surface area contributed by atoms with Gasteiger partial charge < -0.3 is 9.64 Å². The molecule has 1 aromatic carbocycles. The molecule has 1 amide bonds. The van der Waals surface area contributed by atoms with Crippen LogP contribution in [0.3, 0.4) is 0 Å². The zero-order valence-electron chi connectivity index (χ0n) is 11.9. The zero-order valence-corrected chi connectivity index (χ0v) is 14.2. The van der Waals surface area contributed by atoms with E-state index in [1.54, 1.807) is 29.2 Å². The minimum Gasteiger partial charge on any atom is -0.468 e. The highest BCUT2D eigenvalue weighted by molar-refractivity contribution is 8.00. The topological polar surface area (TPSA) is 46.6 Å². The van der Waals surface area contributed by atoms with Crippen LogP contribution in [0.25, 0.3) is 6.08 Å². The molecule has 0 radical (unpaired) electrons. The Kier molecular flexibility index (Phi) is 6.17. The van der Waals surface area contributed by atoms with E-state index in [1.165, 1.54) is 24.9 Å². The molecule has 1 fully saturated rings. The maximum Gasteiger partial charge on any atom is 0.320 e. The van der Waals surface area contributed by atoms with E-state index in [0.717, 1.165) is 0 Å². The van der Waals surface area contributed by atoms with Crippen molar-refractivity contribution in [3.8, 4) is 0 Å². The summed E-state index contributed by atoms with van der Waals surface area (Å²) < 4.78 is 4.73. The SMILES string of the molecule is COC(=O)[C@@H]1CN(C(=O)/C=C/c2cccc(Cl)c2Cl)CCS1. The Morgan fingerprint density at radius 3 is 2.91 bits per heavy atom. The van der Waals surface area contributed by atoms with Gasteiger partial charge >= 0.3 is 5.97 Å². The predicted octanol–water partition coefficient (Wildman–Crippen LogP) is 3.12. The van der Waals surface area contributed by atoms with Crippen LogP contribution in [0.1, 0.15) is 5.56 Å². The first-order valence-electron chi connectivity index (χ1n) is 6.63. The lowest BCUT2D eigenvalue weighted by atomic mass is 10.2. The third-order valence-electron chi connectivity index (χ3n) is 3.23. The summed E-state index contributed by atoms with van der Waals surface area (Å²) in [6, 6.07) is 5.23. The van der Waals surface area contributed by atoms with Crippen molar-refractivity contribution < 1.29 is 14.3 Å². The highest BCUT2D eigenvalue weighted by atomic mass is 35.5. The first kappa shape index (κ1) is 17.2. The van der Waals surface area contributed by atoms with Gasteiger partial charge in [-0.2, -0.15) is 0 Å². The van der Waals surface area contributed by atoms with E-state index in [9.17, 15) is 9.59 Å². The smallest absolute Gasteiger partial charge is 0.320 e. The number of benzene rings is 1. The minimum absolute atomic E-state index is 0.162. The largest absolute Gasteiger partial charge is 0.468 e. The van der Waals surface area contributed by atoms with Crippen LogP contribution in [0, 0.1) is 0 Å². The van der Waals surface area contributed by atoms with Crippen molar-refractivity contribution in [3.05, 3.63) is 39.9 Å². The van der Waals surface area contributed by atoms with E-state index in [0.29, 0.717) is 34.5 Å². The maximum atomic E-state index is 12.2. The molecule has 2 rings (SSSR count). The maximum absolute atomic E-state index is 12.2. The van der Waals surface area contributed by atoms with Gasteiger partial charge in [-0.1, -0.05) is 35.3 Å². The van der Waals surface area contributed by atoms with Crippen LogP contribution < -0.4 is 0 Å². The first-order chi connectivity index (χ1) is 10.5. The quantitative estimate of drug-likeness (QED) is 0.614. The predicted molar refractivity (Wildman–Crippen MR) is 90.3 cm³/mol. The van der Waals surface area contributed by atoms with Crippen LogP contribution in [0.15, 0.2) is 24.3 Å². The van der Waals surface area contributed by atoms with E-state index in [2.05, 4.69) is 0 Å². The second-order valence-corrected chi connectivity index (χ2v) is 6.74. The first-order valence-corrected chi connectivity index (χ1v) is 8.44. The normalized spacial score (nSPS) is 18.5. The molecule has 1 aliphatic heterocycles. The number of esters is 1. The summed E-state index contributed by atoms with van der Waals surface area (Å²) in [5.41, 5.74) is 0.679. The minimum atomic E-state index is -0.328. The number of nitrogens with zero attached hydrogens (tertiary/aromatic N) is 1. The van der Waals surface area contributed by atoms with E-state index >= 15 is 0 Å². The van der Waals surface area contributed by atoms with Crippen LogP contribution in [-0.4, -0.2) is 48.0 Å². The lowest BCUT2D eigenvalue weighted by Gasteiger charge is -2.30. The molecule has 0 unspecified atom stereocenters. The number of carbonyl (C=O) groups is 2. The van der Waals surface area contributed by atoms with Gasteiger partial charge in [0.25, 0.3) is 0 Å². The summed E-state index contributed by atoms with van der Waals surface area (Å²) in [5.74, 6) is 0.242. The van der Waals surface area contributed by atoms with Gasteiger partial charge in [0.2, 0.25) is 5.91 Å². The number of ether oxygens (including phenoxy) is 1. The lowest BCUT2D eigenvalue weighted by molar-refractivity contribution is -0.140. The van der Waals surface area contributed by atoms with Crippen LogP contribution in [0.5, 0.6) is 0 Å². The molecule has 118 valence electrons. The van der Waals surface area contributed by atoms with Crippen LogP contribution in [-0.2, 0) is 14.3 Å². The molecule has 0 N–H and O–H groups in total. The van der Waals surface area contributed by atoms with E-state index in [4.69, 9.17) is 27.9 Å². The van der Waals surface area contributed by atoms with Gasteiger partial charge in [-0.25, -0.2) is 0 Å². The van der Waals surface area contributed by atoms with Crippen LogP contribution in [0.2, 0.25) is 10.0 Å². The third kappa shape index (κ3) is 4.18. The van der Waals surface area contributed by atoms with Gasteiger partial charge in [-0.3, -0.25) is 9.59 Å². The monoisotopic (exact) mass is 359 g/mol. The second-order valence-electron chi connectivity index (χ2n) is 4.64. The van der Waals surface area contributed by atoms with Crippen LogP contribution >= 0.6 is 35.0 Å². The molecule has 0 saturated carbocycles. The summed E-state index contributed by atoms with van der Waals surface area (Å²) in [4.78, 5) is 25.4. The Bertz CT molecular complexity index is 606. The Morgan fingerprint density at radius 1 is 1.41 bits per heavy atom. The zero-order chi connectivity index (χ0) is 16.1. The molecule has 1 aromatic rings. The van der Waals surface area contributed by atoms with Crippen molar-refractivity contribution in [1.29, 1.82) is 0 Å². The van der Waals surface area contributed by atoms with Crippen molar-refractivity contribution >= 4 is 52.9 Å². The fourth-order valence-corrected chi connectivity index (χ4v) is 3.54. The second kappa shape index (κ2) is 7.90. The Balaban J connectivity index is 2.04. The summed E-state index contributed by atoms with van der Waals surface area (Å²) in [6.07, 6.45) is 3.08. The summed E-state index contributed by atoms with van der Waals surface area (Å²) >= 11 is 13.5. The Morgan fingerprint density at radius 2 is 2.18 bits per heavy atom. The van der Waals surface area contributed by atoms with Crippen LogP contribution in [0.4, 0.5) is 0 Å². The van der Waals surface area contributed by atoms with Gasteiger partial charge in [-0.05, 0) is 17.7 Å². The van der Waals surface area contributed by atoms with Gasteiger partial charge in [0.05, 0.1) is 17.2 Å². The number of hydrogen-bond donors (Lipinski definition) is 0. The standard InChI is InChI=1S/C15H15Cl2NO3S/c1-21-15(20)12-9-18(7-8-22-12)13(19)6-5-10-3-2-4-11(16)14(10)17/h2-6,12H,7-9H2,1H3/b6-5+/t12-/m0/s1.